The van der Waals surface area contributed by atoms with E-state index in [0.717, 1.165) is 47.7 Å². The summed E-state index contributed by atoms with van der Waals surface area (Å²) in [6.07, 6.45) is 4.03. The molecule has 3 aromatic rings. The summed E-state index contributed by atoms with van der Waals surface area (Å²) in [5.74, 6) is -0.646. The van der Waals surface area contributed by atoms with Crippen LogP contribution in [0.15, 0.2) is 47.4 Å². The minimum atomic E-state index is -3.69. The number of benzene rings is 2. The molecule has 1 saturated carbocycles. The van der Waals surface area contributed by atoms with Crippen LogP contribution in [-0.2, 0) is 21.2 Å². The number of fused-ring (bicyclic) bond motifs is 1. The second-order valence-electron chi connectivity index (χ2n) is 10.4. The number of carbonyl (C=O) groups is 1. The van der Waals surface area contributed by atoms with E-state index >= 15 is 0 Å². The van der Waals surface area contributed by atoms with Crippen LogP contribution in [0, 0.1) is 25.7 Å². The Bertz CT molecular complexity index is 1360. The van der Waals surface area contributed by atoms with Gasteiger partial charge in [0.2, 0.25) is 10.0 Å². The van der Waals surface area contributed by atoms with Gasteiger partial charge in [-0.3, -0.25) is 9.48 Å². The number of rotatable bonds is 6. The maximum absolute atomic E-state index is 13.9. The van der Waals surface area contributed by atoms with E-state index in [1.54, 1.807) is 16.4 Å². The highest BCUT2D eigenvalue weighted by atomic mass is 32.2. The molecule has 1 aromatic heterocycles. The average molecular weight is 496 g/mol. The Morgan fingerprint density at radius 3 is 2.34 bits per heavy atom. The first-order chi connectivity index (χ1) is 16.7. The molecule has 8 heteroatoms. The van der Waals surface area contributed by atoms with Gasteiger partial charge < -0.3 is 5.11 Å². The van der Waals surface area contributed by atoms with Gasteiger partial charge in [-0.1, -0.05) is 49.6 Å². The van der Waals surface area contributed by atoms with Gasteiger partial charge in [0.15, 0.2) is 0 Å². The van der Waals surface area contributed by atoms with Gasteiger partial charge in [0.05, 0.1) is 34.6 Å². The number of hydrogen-bond donors (Lipinski definition) is 1. The van der Waals surface area contributed by atoms with Crippen LogP contribution < -0.4 is 0 Å². The Balaban J connectivity index is 1.65. The van der Waals surface area contributed by atoms with E-state index in [4.69, 9.17) is 5.10 Å². The topological polar surface area (TPSA) is 92.5 Å². The Labute approximate surface area is 206 Å². The second kappa shape index (κ2) is 9.06. The molecule has 2 aliphatic rings. The van der Waals surface area contributed by atoms with Crippen molar-refractivity contribution in [3.05, 3.63) is 59.3 Å². The van der Waals surface area contributed by atoms with Crippen LogP contribution in [0.2, 0.25) is 0 Å². The number of aliphatic carboxylic acids is 1. The lowest BCUT2D eigenvalue weighted by Gasteiger charge is -2.33. The second-order valence-corrected chi connectivity index (χ2v) is 12.3. The molecule has 1 saturated heterocycles. The molecular formula is C27H33N3O4S. The zero-order valence-corrected chi connectivity index (χ0v) is 21.3. The Kier molecular flexibility index (Phi) is 6.21. The largest absolute Gasteiger partial charge is 0.481 e. The van der Waals surface area contributed by atoms with Crippen LogP contribution in [0.1, 0.15) is 55.5 Å². The van der Waals surface area contributed by atoms with E-state index in [0.29, 0.717) is 17.1 Å². The Hall–Kier alpha value is -2.71. The highest BCUT2D eigenvalue weighted by Gasteiger charge is 2.51. The van der Waals surface area contributed by atoms with Gasteiger partial charge in [0.25, 0.3) is 0 Å². The van der Waals surface area contributed by atoms with Crippen molar-refractivity contribution < 1.29 is 18.3 Å². The van der Waals surface area contributed by atoms with Crippen LogP contribution in [0.25, 0.3) is 10.9 Å². The molecule has 0 spiro atoms. The first-order valence-corrected chi connectivity index (χ1v) is 13.9. The number of hydrogen-bond acceptors (Lipinski definition) is 4. The Morgan fingerprint density at radius 1 is 1.03 bits per heavy atom. The van der Waals surface area contributed by atoms with E-state index in [1.165, 1.54) is 0 Å². The minimum absolute atomic E-state index is 0.0297. The standard InChI is InChI=1S/C27H33N3O4S/c1-17-8-11-21(12-9-17)35(33,34)29-16-19(3)26(27(29)20-6-4-5-7-20)30-24-14-18(2)10-13-22(24)23(28-30)15-25(31)32/h8-14,19-20,26-27H,4-7,15-16H2,1-3H3,(H,31,32)/t19-,26-,27?/m1/s1. The molecule has 1 unspecified atom stereocenters. The lowest BCUT2D eigenvalue weighted by Crippen LogP contribution is -2.43. The van der Waals surface area contributed by atoms with Crippen molar-refractivity contribution in [2.24, 2.45) is 11.8 Å². The molecule has 2 heterocycles. The van der Waals surface area contributed by atoms with E-state index in [9.17, 15) is 18.3 Å². The van der Waals surface area contributed by atoms with Crippen LogP contribution in [-0.4, -0.2) is 46.2 Å². The smallest absolute Gasteiger partial charge is 0.309 e. The third-order valence-electron chi connectivity index (χ3n) is 7.78. The molecule has 1 N–H and O–H groups in total. The fraction of sp³-hybridized carbons (Fsp3) is 0.481. The van der Waals surface area contributed by atoms with Crippen molar-refractivity contribution in [3.8, 4) is 0 Å². The first-order valence-electron chi connectivity index (χ1n) is 12.4. The maximum Gasteiger partial charge on any atom is 0.309 e. The molecule has 2 aromatic carbocycles. The van der Waals surface area contributed by atoms with Crippen molar-refractivity contribution in [2.45, 2.75) is 69.9 Å². The number of nitrogens with zero attached hydrogens (tertiary/aromatic N) is 3. The van der Waals surface area contributed by atoms with Gasteiger partial charge >= 0.3 is 5.97 Å². The van der Waals surface area contributed by atoms with Crippen molar-refractivity contribution in [3.63, 3.8) is 0 Å². The fourth-order valence-corrected chi connectivity index (χ4v) is 7.94. The van der Waals surface area contributed by atoms with Gasteiger partial charge in [-0.25, -0.2) is 8.42 Å². The summed E-state index contributed by atoms with van der Waals surface area (Å²) in [6.45, 7) is 6.47. The molecule has 0 radical (unpaired) electrons. The molecule has 35 heavy (non-hydrogen) atoms. The predicted molar refractivity (Wildman–Crippen MR) is 135 cm³/mol. The molecule has 5 rings (SSSR count). The summed E-state index contributed by atoms with van der Waals surface area (Å²) in [4.78, 5) is 11.9. The van der Waals surface area contributed by atoms with Crippen molar-refractivity contribution >= 4 is 26.9 Å². The summed E-state index contributed by atoms with van der Waals surface area (Å²) >= 11 is 0. The summed E-state index contributed by atoms with van der Waals surface area (Å²) in [7, 11) is -3.69. The van der Waals surface area contributed by atoms with Crippen molar-refractivity contribution in [1.82, 2.24) is 14.1 Å². The summed E-state index contributed by atoms with van der Waals surface area (Å²) in [5, 5.41) is 15.2. The minimum Gasteiger partial charge on any atom is -0.481 e. The molecule has 1 aliphatic heterocycles. The summed E-state index contributed by atoms with van der Waals surface area (Å²) in [6, 6.07) is 12.7. The maximum atomic E-state index is 13.9. The molecule has 186 valence electrons. The lowest BCUT2D eigenvalue weighted by molar-refractivity contribution is -0.136. The van der Waals surface area contributed by atoms with Crippen molar-refractivity contribution in [1.29, 1.82) is 0 Å². The molecule has 0 bridgehead atoms. The van der Waals surface area contributed by atoms with Crippen LogP contribution in [0.3, 0.4) is 0 Å². The average Bonchev–Trinajstić information content (AvgIpc) is 3.51. The highest BCUT2D eigenvalue weighted by molar-refractivity contribution is 7.89. The predicted octanol–water partition coefficient (Wildman–Crippen LogP) is 4.72. The van der Waals surface area contributed by atoms with E-state index in [2.05, 4.69) is 6.92 Å². The lowest BCUT2D eigenvalue weighted by atomic mass is 9.89. The zero-order valence-electron chi connectivity index (χ0n) is 20.5. The number of aryl methyl sites for hydroxylation is 2. The van der Waals surface area contributed by atoms with Gasteiger partial charge in [-0.15, -0.1) is 0 Å². The van der Waals surface area contributed by atoms with E-state index in [1.807, 2.05) is 48.9 Å². The molecule has 2 fully saturated rings. The summed E-state index contributed by atoms with van der Waals surface area (Å²) in [5.41, 5.74) is 3.50. The fourth-order valence-electron chi connectivity index (χ4n) is 6.14. The molecule has 3 atom stereocenters. The highest BCUT2D eigenvalue weighted by Crippen LogP contribution is 2.46. The molecule has 7 nitrogen and oxygen atoms in total. The SMILES string of the molecule is Cc1ccc(S(=O)(=O)N2C[C@@H](C)[C@@H](n3nc(CC(=O)O)c4ccc(C)cc43)C2C2CCCC2)cc1. The third-order valence-corrected chi connectivity index (χ3v) is 9.66. The van der Waals surface area contributed by atoms with E-state index < -0.39 is 16.0 Å². The summed E-state index contributed by atoms with van der Waals surface area (Å²) < 4.78 is 31.5. The monoisotopic (exact) mass is 495 g/mol. The number of carboxylic acids is 1. The molecule has 0 amide bonds. The number of sulfonamides is 1. The van der Waals surface area contributed by atoms with E-state index in [-0.39, 0.29) is 30.3 Å². The third kappa shape index (κ3) is 4.27. The molecule has 1 aliphatic carbocycles. The van der Waals surface area contributed by atoms with Crippen LogP contribution in [0.5, 0.6) is 0 Å². The van der Waals surface area contributed by atoms with Crippen LogP contribution >= 0.6 is 0 Å². The van der Waals surface area contributed by atoms with Crippen molar-refractivity contribution in [2.75, 3.05) is 6.54 Å². The Morgan fingerprint density at radius 2 is 1.69 bits per heavy atom. The van der Waals surface area contributed by atoms with Crippen LogP contribution in [0.4, 0.5) is 0 Å². The van der Waals surface area contributed by atoms with Gasteiger partial charge in [0.1, 0.15) is 0 Å². The quantitative estimate of drug-likeness (QED) is 0.534. The number of aromatic nitrogens is 2. The normalized spacial score (nSPS) is 23.9. The zero-order chi connectivity index (χ0) is 24.9. The van der Waals surface area contributed by atoms with Gasteiger partial charge in [-0.2, -0.15) is 9.40 Å². The van der Waals surface area contributed by atoms with Gasteiger partial charge in [0, 0.05) is 11.9 Å². The number of carboxylic acid groups (broad SMARTS) is 1. The van der Waals surface area contributed by atoms with Gasteiger partial charge in [-0.05, 0) is 62.3 Å². The molecular weight excluding hydrogens is 462 g/mol. The first kappa shape index (κ1) is 24.0.